The van der Waals surface area contributed by atoms with E-state index in [9.17, 15) is 4.79 Å². The highest BCUT2D eigenvalue weighted by Crippen LogP contribution is 2.22. The summed E-state index contributed by atoms with van der Waals surface area (Å²) in [5.41, 5.74) is 0.466. The van der Waals surface area contributed by atoms with E-state index < -0.39 is 6.16 Å². The summed E-state index contributed by atoms with van der Waals surface area (Å²) in [4.78, 5) is 14.5. The van der Waals surface area contributed by atoms with Gasteiger partial charge in [-0.05, 0) is 0 Å². The Kier molecular flexibility index (Phi) is 3.32. The van der Waals surface area contributed by atoms with Crippen molar-refractivity contribution < 1.29 is 14.3 Å². The van der Waals surface area contributed by atoms with Crippen molar-refractivity contribution in [3.63, 3.8) is 0 Å². The summed E-state index contributed by atoms with van der Waals surface area (Å²) < 4.78 is 8.97. The van der Waals surface area contributed by atoms with Gasteiger partial charge >= 0.3 is 6.16 Å². The Morgan fingerprint density at radius 3 is 3.00 bits per heavy atom. The summed E-state index contributed by atoms with van der Waals surface area (Å²) in [6.45, 7) is 0. The van der Waals surface area contributed by atoms with Crippen LogP contribution >= 0.6 is 11.6 Å². The molecule has 0 saturated carbocycles. The number of halogens is 1. The van der Waals surface area contributed by atoms with Crippen molar-refractivity contribution in [2.45, 2.75) is 0 Å². The van der Waals surface area contributed by atoms with Crippen molar-refractivity contribution in [1.29, 1.82) is 0 Å². The summed E-state index contributed by atoms with van der Waals surface area (Å²) >= 11 is 5.64. The molecule has 0 unspecified atom stereocenters. The van der Waals surface area contributed by atoms with E-state index in [1.165, 1.54) is 19.4 Å². The molecule has 0 aliphatic carbocycles. The van der Waals surface area contributed by atoms with Crippen molar-refractivity contribution >= 4 is 17.8 Å². The van der Waals surface area contributed by atoms with E-state index in [4.69, 9.17) is 18.0 Å². The summed E-state index contributed by atoms with van der Waals surface area (Å²) in [6, 6.07) is 1.42. The maximum Gasteiger partial charge on any atom is 0.513 e. The smallest absolute Gasteiger partial charge is 0.437 e. The molecule has 5 heteroatoms. The fourth-order valence-corrected chi connectivity index (χ4v) is 0.852. The molecule has 0 aliphatic heterocycles. The first-order valence-electron chi connectivity index (χ1n) is 3.55. The van der Waals surface area contributed by atoms with E-state index in [1.54, 1.807) is 0 Å². The van der Waals surface area contributed by atoms with Crippen LogP contribution in [-0.4, -0.2) is 18.2 Å². The lowest BCUT2D eigenvalue weighted by atomic mass is 10.3. The first-order valence-corrected chi connectivity index (χ1v) is 3.93. The highest BCUT2D eigenvalue weighted by Gasteiger charge is 2.09. The van der Waals surface area contributed by atoms with E-state index in [-0.39, 0.29) is 10.9 Å². The molecule has 0 N–H and O–H groups in total. The third kappa shape index (κ3) is 2.38. The number of terminal acetylenes is 1. The van der Waals surface area contributed by atoms with Gasteiger partial charge in [0.15, 0.2) is 10.9 Å². The molecule has 1 rings (SSSR count). The van der Waals surface area contributed by atoms with Crippen molar-refractivity contribution in [2.24, 2.45) is 0 Å². The van der Waals surface area contributed by atoms with Gasteiger partial charge in [-0.15, -0.1) is 6.42 Å². The number of ether oxygens (including phenoxy) is 2. The Hall–Kier alpha value is -1.73. The van der Waals surface area contributed by atoms with Gasteiger partial charge in [-0.3, -0.25) is 0 Å². The third-order valence-corrected chi connectivity index (χ3v) is 1.62. The molecule has 14 heavy (non-hydrogen) atoms. The molecule has 0 amide bonds. The summed E-state index contributed by atoms with van der Waals surface area (Å²) in [6.07, 6.45) is 5.65. The summed E-state index contributed by atoms with van der Waals surface area (Å²) in [5, 5.41) is 0.0504. The van der Waals surface area contributed by atoms with Crippen molar-refractivity contribution in [2.75, 3.05) is 7.11 Å². The predicted molar refractivity (Wildman–Crippen MR) is 50.2 cm³/mol. The highest BCUT2D eigenvalue weighted by molar-refractivity contribution is 6.30. The number of hydrogen-bond acceptors (Lipinski definition) is 4. The Morgan fingerprint density at radius 2 is 2.43 bits per heavy atom. The fourth-order valence-electron chi connectivity index (χ4n) is 0.710. The van der Waals surface area contributed by atoms with Crippen molar-refractivity contribution in [1.82, 2.24) is 4.98 Å². The summed E-state index contributed by atoms with van der Waals surface area (Å²) in [5.74, 6) is 2.41. The standard InChI is InChI=1S/C9H6ClNO3/c1-3-6-4-7(8(10)11-5-6)14-9(12)13-2/h1,4-5H,2H3. The van der Waals surface area contributed by atoms with Crippen LogP contribution in [0.1, 0.15) is 5.56 Å². The molecule has 1 aromatic rings. The maximum absolute atomic E-state index is 10.8. The van der Waals surface area contributed by atoms with Gasteiger partial charge in [0, 0.05) is 17.8 Å². The molecule has 0 fully saturated rings. The van der Waals surface area contributed by atoms with Crippen LogP contribution in [0.15, 0.2) is 12.3 Å². The number of pyridine rings is 1. The van der Waals surface area contributed by atoms with Gasteiger partial charge < -0.3 is 9.47 Å². The van der Waals surface area contributed by atoms with Crippen molar-refractivity contribution in [3.8, 4) is 18.1 Å². The number of methoxy groups -OCH3 is 1. The lowest BCUT2D eigenvalue weighted by Gasteiger charge is -2.03. The van der Waals surface area contributed by atoms with E-state index >= 15 is 0 Å². The maximum atomic E-state index is 10.8. The molecule has 0 radical (unpaired) electrons. The second-order valence-electron chi connectivity index (χ2n) is 2.21. The second kappa shape index (κ2) is 4.49. The number of carbonyl (C=O) groups excluding carboxylic acids is 1. The number of rotatable bonds is 1. The molecule has 4 nitrogen and oxygen atoms in total. The molecule has 72 valence electrons. The van der Waals surface area contributed by atoms with E-state index in [1.807, 2.05) is 0 Å². The molecule has 0 saturated heterocycles. The van der Waals surface area contributed by atoms with E-state index in [0.29, 0.717) is 5.56 Å². The lowest BCUT2D eigenvalue weighted by Crippen LogP contribution is -2.08. The van der Waals surface area contributed by atoms with Crippen LogP contribution in [0, 0.1) is 12.3 Å². The summed E-state index contributed by atoms with van der Waals surface area (Å²) in [7, 11) is 1.19. The number of hydrogen-bond donors (Lipinski definition) is 0. The molecule has 1 heterocycles. The van der Waals surface area contributed by atoms with Crippen molar-refractivity contribution in [3.05, 3.63) is 23.0 Å². The predicted octanol–water partition coefficient (Wildman–Crippen LogP) is 1.86. The number of nitrogens with zero attached hydrogens (tertiary/aromatic N) is 1. The molecule has 0 bridgehead atoms. The van der Waals surface area contributed by atoms with Crippen LogP contribution in [0.2, 0.25) is 5.15 Å². The molecule has 0 atom stereocenters. The lowest BCUT2D eigenvalue weighted by molar-refractivity contribution is 0.121. The molecule has 0 aromatic carbocycles. The number of aromatic nitrogens is 1. The Balaban J connectivity index is 2.96. The fraction of sp³-hybridized carbons (Fsp3) is 0.111. The van der Waals surface area contributed by atoms with Gasteiger partial charge in [-0.2, -0.15) is 0 Å². The van der Waals surface area contributed by atoms with Crippen LogP contribution in [-0.2, 0) is 4.74 Å². The molecular formula is C9H6ClNO3. The minimum atomic E-state index is -0.872. The monoisotopic (exact) mass is 211 g/mol. The largest absolute Gasteiger partial charge is 0.513 e. The van der Waals surface area contributed by atoms with Gasteiger partial charge in [0.25, 0.3) is 0 Å². The topological polar surface area (TPSA) is 48.4 Å². The zero-order valence-corrected chi connectivity index (χ0v) is 8.04. The zero-order chi connectivity index (χ0) is 10.6. The molecule has 1 aromatic heterocycles. The van der Waals surface area contributed by atoms with Crippen LogP contribution in [0.3, 0.4) is 0 Å². The Morgan fingerprint density at radius 1 is 1.71 bits per heavy atom. The highest BCUT2D eigenvalue weighted by atomic mass is 35.5. The quantitative estimate of drug-likeness (QED) is 0.404. The zero-order valence-electron chi connectivity index (χ0n) is 7.28. The van der Waals surface area contributed by atoms with Gasteiger partial charge in [-0.1, -0.05) is 17.5 Å². The van der Waals surface area contributed by atoms with E-state index in [2.05, 4.69) is 20.4 Å². The average Bonchev–Trinajstić information content (AvgIpc) is 2.21. The van der Waals surface area contributed by atoms with Gasteiger partial charge in [0.1, 0.15) is 0 Å². The molecule has 0 spiro atoms. The number of carbonyl (C=O) groups is 1. The Bertz CT molecular complexity index is 398. The average molecular weight is 212 g/mol. The van der Waals surface area contributed by atoms with Gasteiger partial charge in [0.2, 0.25) is 0 Å². The molecular weight excluding hydrogens is 206 g/mol. The SMILES string of the molecule is C#Cc1cnc(Cl)c(OC(=O)OC)c1. The van der Waals surface area contributed by atoms with Crippen LogP contribution in [0.5, 0.6) is 5.75 Å². The van der Waals surface area contributed by atoms with Gasteiger partial charge in [0.05, 0.1) is 7.11 Å². The van der Waals surface area contributed by atoms with E-state index in [0.717, 1.165) is 0 Å². The minimum absolute atomic E-state index is 0.0504. The second-order valence-corrected chi connectivity index (χ2v) is 2.57. The van der Waals surface area contributed by atoms with Crippen LogP contribution < -0.4 is 4.74 Å². The normalized spacial score (nSPS) is 8.93. The third-order valence-electron chi connectivity index (χ3n) is 1.33. The minimum Gasteiger partial charge on any atom is -0.437 e. The molecule has 0 aliphatic rings. The van der Waals surface area contributed by atoms with Crippen LogP contribution in [0.25, 0.3) is 0 Å². The Labute approximate surface area is 85.8 Å². The first-order chi connectivity index (χ1) is 6.67. The van der Waals surface area contributed by atoms with Crippen LogP contribution in [0.4, 0.5) is 4.79 Å². The first kappa shape index (κ1) is 10.4. The van der Waals surface area contributed by atoms with Gasteiger partial charge in [-0.25, -0.2) is 9.78 Å².